The Morgan fingerprint density at radius 3 is 2.67 bits per heavy atom. The van der Waals surface area contributed by atoms with Crippen molar-refractivity contribution >= 4 is 40.2 Å². The zero-order valence-corrected chi connectivity index (χ0v) is 21.0. The van der Waals surface area contributed by atoms with Crippen LogP contribution in [-0.4, -0.2) is 56.8 Å². The Morgan fingerprint density at radius 2 is 1.92 bits per heavy atom. The molecule has 1 aliphatic carbocycles. The topological polar surface area (TPSA) is 98.7 Å². The second-order valence-electron chi connectivity index (χ2n) is 9.88. The lowest BCUT2D eigenvalue weighted by atomic mass is 10.2. The van der Waals surface area contributed by atoms with E-state index in [1.54, 1.807) is 29.2 Å². The molecule has 2 fully saturated rings. The first-order chi connectivity index (χ1) is 17.2. The predicted molar refractivity (Wildman–Crippen MR) is 133 cm³/mol. The largest absolute Gasteiger partial charge is 0.489 e. The first-order valence-corrected chi connectivity index (χ1v) is 12.2. The number of carbonyl (C=O) groups excluding carboxylic acids is 1. The Hall–Kier alpha value is -3.40. The minimum Gasteiger partial charge on any atom is -0.489 e. The monoisotopic (exact) mass is 515 g/mol. The lowest BCUT2D eigenvalue weighted by Crippen LogP contribution is -2.36. The van der Waals surface area contributed by atoms with Gasteiger partial charge in [-0.15, -0.1) is 0 Å². The molecular weight excluding hydrogens is 489 g/mol. The van der Waals surface area contributed by atoms with Gasteiger partial charge < -0.3 is 24.4 Å². The third kappa shape index (κ3) is 5.53. The number of halogens is 2. The number of likely N-dealkylation sites (tertiary alicyclic amines) is 1. The van der Waals surface area contributed by atoms with Gasteiger partial charge in [0.25, 0.3) is 0 Å². The van der Waals surface area contributed by atoms with Gasteiger partial charge >= 0.3 is 6.09 Å². The maximum absolute atomic E-state index is 15.0. The number of ether oxygens (including phenoxy) is 3. The molecule has 1 N–H and O–H groups in total. The summed E-state index contributed by atoms with van der Waals surface area (Å²) < 4.78 is 32.1. The molecule has 1 saturated heterocycles. The summed E-state index contributed by atoms with van der Waals surface area (Å²) in [6, 6.07) is 6.64. The van der Waals surface area contributed by atoms with E-state index >= 15 is 0 Å². The number of rotatable bonds is 6. The molecule has 1 saturated carbocycles. The highest BCUT2D eigenvalue weighted by Crippen LogP contribution is 2.37. The molecule has 0 bridgehead atoms. The van der Waals surface area contributed by atoms with Gasteiger partial charge in [-0.3, -0.25) is 0 Å². The van der Waals surface area contributed by atoms with Gasteiger partial charge in [0.1, 0.15) is 34.3 Å². The molecular formula is C25H27ClFN5O4. The SMILES string of the molecule is CC(C)(C)OC(=O)N1CC[C@H](Oc2ccc3ncnc(Nc4ccc(OC5CC5)c(Cl)c4F)c3n2)C1. The molecule has 1 amide bonds. The maximum Gasteiger partial charge on any atom is 0.410 e. The van der Waals surface area contributed by atoms with E-state index in [-0.39, 0.29) is 29.0 Å². The fourth-order valence-electron chi connectivity index (χ4n) is 3.78. The highest BCUT2D eigenvalue weighted by atomic mass is 35.5. The molecule has 0 spiro atoms. The molecule has 1 atom stereocenters. The number of fused-ring (bicyclic) bond motifs is 1. The number of hydrogen-bond acceptors (Lipinski definition) is 8. The van der Waals surface area contributed by atoms with Crippen molar-refractivity contribution in [3.05, 3.63) is 41.4 Å². The van der Waals surface area contributed by atoms with Crippen molar-refractivity contribution in [2.75, 3.05) is 18.4 Å². The van der Waals surface area contributed by atoms with Gasteiger partial charge in [0.15, 0.2) is 11.6 Å². The molecule has 9 nitrogen and oxygen atoms in total. The number of nitrogens with zero attached hydrogens (tertiary/aromatic N) is 4. The van der Waals surface area contributed by atoms with Crippen molar-refractivity contribution in [3.8, 4) is 11.6 Å². The average Bonchev–Trinajstić information content (AvgIpc) is 3.52. The van der Waals surface area contributed by atoms with Gasteiger partial charge in [0, 0.05) is 19.0 Å². The summed E-state index contributed by atoms with van der Waals surface area (Å²) in [7, 11) is 0. The fourth-order valence-corrected chi connectivity index (χ4v) is 3.99. The first-order valence-electron chi connectivity index (χ1n) is 11.8. The van der Waals surface area contributed by atoms with Crippen LogP contribution in [0.25, 0.3) is 11.0 Å². The molecule has 0 unspecified atom stereocenters. The molecule has 11 heteroatoms. The van der Waals surface area contributed by atoms with Gasteiger partial charge in [-0.1, -0.05) is 11.6 Å². The van der Waals surface area contributed by atoms with Gasteiger partial charge in [-0.2, -0.15) is 0 Å². The number of aromatic nitrogens is 3. The molecule has 0 radical (unpaired) electrons. The Labute approximate surface area is 212 Å². The summed E-state index contributed by atoms with van der Waals surface area (Å²) in [5.41, 5.74) is 0.542. The van der Waals surface area contributed by atoms with Gasteiger partial charge in [0.2, 0.25) is 5.88 Å². The predicted octanol–water partition coefficient (Wildman–Crippen LogP) is 5.49. The third-order valence-corrected chi connectivity index (χ3v) is 6.01. The van der Waals surface area contributed by atoms with Crippen molar-refractivity contribution in [1.29, 1.82) is 0 Å². The van der Waals surface area contributed by atoms with Crippen LogP contribution in [0, 0.1) is 5.82 Å². The van der Waals surface area contributed by atoms with Crippen LogP contribution in [-0.2, 0) is 4.74 Å². The Morgan fingerprint density at radius 1 is 1.11 bits per heavy atom. The number of pyridine rings is 1. The molecule has 36 heavy (non-hydrogen) atoms. The number of anilines is 2. The smallest absolute Gasteiger partial charge is 0.410 e. The van der Waals surface area contributed by atoms with E-state index in [0.29, 0.717) is 48.0 Å². The second kappa shape index (κ2) is 9.57. The summed E-state index contributed by atoms with van der Waals surface area (Å²) in [6.07, 6.45) is 3.40. The average molecular weight is 516 g/mol. The van der Waals surface area contributed by atoms with Crippen LogP contribution in [0.2, 0.25) is 5.02 Å². The van der Waals surface area contributed by atoms with Gasteiger partial charge in [-0.05, 0) is 51.8 Å². The van der Waals surface area contributed by atoms with E-state index < -0.39 is 11.4 Å². The van der Waals surface area contributed by atoms with Crippen molar-refractivity contribution in [3.63, 3.8) is 0 Å². The Kier molecular flexibility index (Phi) is 6.46. The maximum atomic E-state index is 15.0. The molecule has 5 rings (SSSR count). The van der Waals surface area contributed by atoms with Crippen LogP contribution >= 0.6 is 11.6 Å². The Balaban J connectivity index is 1.31. The summed E-state index contributed by atoms with van der Waals surface area (Å²) in [5.74, 6) is 0.337. The van der Waals surface area contributed by atoms with Crippen LogP contribution < -0.4 is 14.8 Å². The molecule has 1 aromatic carbocycles. The summed E-state index contributed by atoms with van der Waals surface area (Å²) in [4.78, 5) is 27.0. The van der Waals surface area contributed by atoms with Crippen LogP contribution in [0.4, 0.5) is 20.7 Å². The fraction of sp³-hybridized carbons (Fsp3) is 0.440. The van der Waals surface area contributed by atoms with Crippen molar-refractivity contribution in [2.45, 2.75) is 57.8 Å². The van der Waals surface area contributed by atoms with Crippen molar-refractivity contribution in [2.24, 2.45) is 0 Å². The standard InChI is InChI=1S/C25H27ClFN5O4/c1-25(2,3)36-24(33)32-11-10-15(12-32)35-19-9-7-17-22(31-19)23(29-13-28-17)30-16-6-8-18(20(26)21(16)27)34-14-4-5-14/h6-9,13-15H,4-5,10-12H2,1-3H3,(H,28,29,30)/t15-/m0/s1. The van der Waals surface area contributed by atoms with Crippen LogP contribution in [0.5, 0.6) is 11.6 Å². The molecule has 190 valence electrons. The normalized spacial score (nSPS) is 17.8. The van der Waals surface area contributed by atoms with Crippen molar-refractivity contribution in [1.82, 2.24) is 19.9 Å². The van der Waals surface area contributed by atoms with E-state index in [2.05, 4.69) is 20.3 Å². The zero-order chi connectivity index (χ0) is 25.4. The molecule has 2 aliphatic rings. The van der Waals surface area contributed by atoms with Crippen LogP contribution in [0.1, 0.15) is 40.0 Å². The quantitative estimate of drug-likeness (QED) is 0.460. The molecule has 3 aromatic rings. The number of benzene rings is 1. The number of nitrogens with one attached hydrogen (secondary N) is 1. The summed E-state index contributed by atoms with van der Waals surface area (Å²) in [5, 5.41) is 2.88. The van der Waals surface area contributed by atoms with Crippen LogP contribution in [0.15, 0.2) is 30.6 Å². The molecule has 2 aromatic heterocycles. The minimum atomic E-state index is -0.637. The van der Waals surface area contributed by atoms with E-state index in [4.69, 9.17) is 25.8 Å². The molecule has 1 aliphatic heterocycles. The highest BCUT2D eigenvalue weighted by Gasteiger charge is 2.31. The van der Waals surface area contributed by atoms with E-state index in [9.17, 15) is 9.18 Å². The van der Waals surface area contributed by atoms with Crippen molar-refractivity contribution < 1.29 is 23.4 Å². The van der Waals surface area contributed by atoms with E-state index in [0.717, 1.165) is 12.8 Å². The second-order valence-corrected chi connectivity index (χ2v) is 10.3. The summed E-state index contributed by atoms with van der Waals surface area (Å²) >= 11 is 6.20. The number of carbonyl (C=O) groups is 1. The lowest BCUT2D eigenvalue weighted by Gasteiger charge is -2.24. The lowest BCUT2D eigenvalue weighted by molar-refractivity contribution is 0.0275. The number of hydrogen-bond donors (Lipinski definition) is 1. The zero-order valence-electron chi connectivity index (χ0n) is 20.3. The Bertz CT molecular complexity index is 1300. The summed E-state index contributed by atoms with van der Waals surface area (Å²) in [6.45, 7) is 6.42. The van der Waals surface area contributed by atoms with Gasteiger partial charge in [0.05, 0.1) is 23.9 Å². The van der Waals surface area contributed by atoms with E-state index in [1.807, 2.05) is 20.8 Å². The third-order valence-electron chi connectivity index (χ3n) is 5.66. The first kappa shape index (κ1) is 24.3. The van der Waals surface area contributed by atoms with Gasteiger partial charge in [-0.25, -0.2) is 24.1 Å². The van der Waals surface area contributed by atoms with E-state index in [1.165, 1.54) is 6.33 Å². The number of amides is 1. The molecule has 3 heterocycles. The minimum absolute atomic E-state index is 0.0852. The van der Waals surface area contributed by atoms with Crippen LogP contribution in [0.3, 0.4) is 0 Å². The highest BCUT2D eigenvalue weighted by molar-refractivity contribution is 6.32.